The lowest BCUT2D eigenvalue weighted by Crippen LogP contribution is -2.13. The van der Waals surface area contributed by atoms with Crippen molar-refractivity contribution in [1.82, 2.24) is 0 Å². The zero-order valence-corrected chi connectivity index (χ0v) is 13.3. The van der Waals surface area contributed by atoms with Gasteiger partial charge in [0.05, 0.1) is 5.56 Å². The maximum Gasteiger partial charge on any atom is 0.256 e. The van der Waals surface area contributed by atoms with Crippen LogP contribution in [0.25, 0.3) is 0 Å². The molecule has 21 heavy (non-hydrogen) atoms. The zero-order chi connectivity index (χ0) is 15.2. The average molecular weight is 318 g/mol. The minimum absolute atomic E-state index is 0.132. The molecule has 0 heterocycles. The summed E-state index contributed by atoms with van der Waals surface area (Å²) in [5, 5.41) is 3.56. The van der Waals surface area contributed by atoms with Crippen molar-refractivity contribution in [2.45, 2.75) is 11.8 Å². The highest BCUT2D eigenvalue weighted by Crippen LogP contribution is 2.26. The van der Waals surface area contributed by atoms with Crippen molar-refractivity contribution in [3.63, 3.8) is 0 Å². The van der Waals surface area contributed by atoms with Crippen LogP contribution >= 0.6 is 23.4 Å². The van der Waals surface area contributed by atoms with Crippen LogP contribution in [0.1, 0.15) is 15.9 Å². The summed E-state index contributed by atoms with van der Waals surface area (Å²) < 4.78 is 0. The summed E-state index contributed by atoms with van der Waals surface area (Å²) >= 11 is 7.66. The number of hydrogen-bond acceptors (Lipinski definition) is 2. The van der Waals surface area contributed by atoms with Crippen molar-refractivity contribution in [3.05, 3.63) is 71.3 Å². The Hall–Kier alpha value is -1.71. The highest BCUT2D eigenvalue weighted by Gasteiger charge is 2.12. The van der Waals surface area contributed by atoms with Crippen LogP contribution in [0.2, 0.25) is 5.02 Å². The van der Waals surface area contributed by atoms with Gasteiger partial charge in [0, 0.05) is 21.4 Å². The number of thioether (sulfide) groups is 1. The van der Waals surface area contributed by atoms with Gasteiger partial charge in [-0.15, -0.1) is 18.3 Å². The first-order chi connectivity index (χ1) is 10.1. The number of nitrogens with one attached hydrogen (secondary N) is 1. The third-order valence-corrected chi connectivity index (χ3v) is 4.48. The summed E-state index contributed by atoms with van der Waals surface area (Å²) in [6, 6.07) is 13.0. The van der Waals surface area contributed by atoms with Gasteiger partial charge in [0.15, 0.2) is 0 Å². The average Bonchev–Trinajstić information content (AvgIpc) is 2.50. The predicted molar refractivity (Wildman–Crippen MR) is 91.5 cm³/mol. The van der Waals surface area contributed by atoms with Gasteiger partial charge < -0.3 is 5.32 Å². The Kier molecular flexibility index (Phi) is 5.48. The minimum Gasteiger partial charge on any atom is -0.322 e. The van der Waals surface area contributed by atoms with Gasteiger partial charge in [-0.1, -0.05) is 35.9 Å². The summed E-state index contributed by atoms with van der Waals surface area (Å²) in [5.41, 5.74) is 2.25. The molecule has 0 aromatic heterocycles. The molecule has 0 atom stereocenters. The third-order valence-electron chi connectivity index (χ3n) is 3.00. The molecule has 0 saturated carbocycles. The molecule has 0 fully saturated rings. The number of carbonyl (C=O) groups is 1. The molecule has 0 aliphatic heterocycles. The number of halogens is 1. The Morgan fingerprint density at radius 1 is 1.29 bits per heavy atom. The van der Waals surface area contributed by atoms with Crippen LogP contribution in [0, 0.1) is 6.92 Å². The SMILES string of the molecule is C=CCSc1ccccc1C(=O)Nc1cccc(Cl)c1C. The van der Waals surface area contributed by atoms with Crippen LogP contribution in [0.5, 0.6) is 0 Å². The second kappa shape index (κ2) is 7.34. The van der Waals surface area contributed by atoms with Crippen LogP contribution in [0.3, 0.4) is 0 Å². The zero-order valence-electron chi connectivity index (χ0n) is 11.7. The predicted octanol–water partition coefficient (Wildman–Crippen LogP) is 5.18. The molecule has 0 spiro atoms. The molecule has 0 aliphatic carbocycles. The molecule has 0 bridgehead atoms. The van der Waals surface area contributed by atoms with Crippen molar-refractivity contribution in [1.29, 1.82) is 0 Å². The van der Waals surface area contributed by atoms with Crippen LogP contribution < -0.4 is 5.32 Å². The number of hydrogen-bond donors (Lipinski definition) is 1. The second-order valence-electron chi connectivity index (χ2n) is 4.46. The summed E-state index contributed by atoms with van der Waals surface area (Å²) in [6.07, 6.45) is 1.82. The van der Waals surface area contributed by atoms with Crippen LogP contribution in [-0.2, 0) is 0 Å². The first-order valence-corrected chi connectivity index (χ1v) is 7.89. The van der Waals surface area contributed by atoms with E-state index in [1.165, 1.54) is 0 Å². The van der Waals surface area contributed by atoms with Gasteiger partial charge in [-0.05, 0) is 36.8 Å². The van der Waals surface area contributed by atoms with E-state index in [9.17, 15) is 4.79 Å². The lowest BCUT2D eigenvalue weighted by Gasteiger charge is -2.11. The van der Waals surface area contributed by atoms with E-state index in [4.69, 9.17) is 11.6 Å². The highest BCUT2D eigenvalue weighted by molar-refractivity contribution is 7.99. The van der Waals surface area contributed by atoms with E-state index in [1.807, 2.05) is 49.4 Å². The molecule has 4 heteroatoms. The highest BCUT2D eigenvalue weighted by atomic mass is 35.5. The molecule has 0 radical (unpaired) electrons. The maximum atomic E-state index is 12.5. The molecule has 2 rings (SSSR count). The summed E-state index contributed by atoms with van der Waals surface area (Å²) in [6.45, 7) is 5.59. The summed E-state index contributed by atoms with van der Waals surface area (Å²) in [5.74, 6) is 0.632. The van der Waals surface area contributed by atoms with Crippen LogP contribution in [-0.4, -0.2) is 11.7 Å². The number of anilines is 1. The third kappa shape index (κ3) is 3.90. The normalized spacial score (nSPS) is 10.2. The van der Waals surface area contributed by atoms with Gasteiger partial charge in [-0.3, -0.25) is 4.79 Å². The number of benzene rings is 2. The molecule has 0 unspecified atom stereocenters. The second-order valence-corrected chi connectivity index (χ2v) is 5.93. The first kappa shape index (κ1) is 15.7. The molecule has 2 nitrogen and oxygen atoms in total. The summed E-state index contributed by atoms with van der Waals surface area (Å²) in [4.78, 5) is 13.4. The van der Waals surface area contributed by atoms with Gasteiger partial charge >= 0.3 is 0 Å². The minimum atomic E-state index is -0.132. The van der Waals surface area contributed by atoms with Gasteiger partial charge in [0.1, 0.15) is 0 Å². The number of amides is 1. The Morgan fingerprint density at radius 3 is 2.81 bits per heavy atom. The van der Waals surface area contributed by atoms with E-state index in [1.54, 1.807) is 17.8 Å². The quantitative estimate of drug-likeness (QED) is 0.608. The van der Waals surface area contributed by atoms with Crippen molar-refractivity contribution < 1.29 is 4.79 Å². The summed E-state index contributed by atoms with van der Waals surface area (Å²) in [7, 11) is 0. The molecular weight excluding hydrogens is 302 g/mol. The van der Waals surface area contributed by atoms with E-state index in [2.05, 4.69) is 11.9 Å². The molecular formula is C17H16ClNOS. The standard InChI is InChI=1S/C17H16ClNOS/c1-3-11-21-16-10-5-4-7-13(16)17(20)19-15-9-6-8-14(18)12(15)2/h3-10H,1,11H2,2H3,(H,19,20). The molecule has 1 amide bonds. The van der Waals surface area contributed by atoms with Gasteiger partial charge in [0.25, 0.3) is 5.91 Å². The smallest absolute Gasteiger partial charge is 0.256 e. The fourth-order valence-electron chi connectivity index (χ4n) is 1.86. The molecule has 2 aromatic carbocycles. The van der Waals surface area contributed by atoms with Crippen molar-refractivity contribution >= 4 is 35.0 Å². The number of carbonyl (C=O) groups excluding carboxylic acids is 1. The van der Waals surface area contributed by atoms with Gasteiger partial charge in [-0.25, -0.2) is 0 Å². The van der Waals surface area contributed by atoms with E-state index >= 15 is 0 Å². The Morgan fingerprint density at radius 2 is 2.05 bits per heavy atom. The van der Waals surface area contributed by atoms with Crippen molar-refractivity contribution in [3.8, 4) is 0 Å². The van der Waals surface area contributed by atoms with Crippen LogP contribution in [0.15, 0.2) is 60.0 Å². The van der Waals surface area contributed by atoms with E-state index in [0.717, 1.165) is 21.9 Å². The van der Waals surface area contributed by atoms with Gasteiger partial charge in [-0.2, -0.15) is 0 Å². The number of rotatable bonds is 5. The Balaban J connectivity index is 2.24. The van der Waals surface area contributed by atoms with E-state index in [-0.39, 0.29) is 5.91 Å². The van der Waals surface area contributed by atoms with E-state index < -0.39 is 0 Å². The van der Waals surface area contributed by atoms with Crippen molar-refractivity contribution in [2.24, 2.45) is 0 Å². The Labute approximate surface area is 134 Å². The molecule has 0 saturated heterocycles. The largest absolute Gasteiger partial charge is 0.322 e. The topological polar surface area (TPSA) is 29.1 Å². The van der Waals surface area contributed by atoms with Gasteiger partial charge in [0.2, 0.25) is 0 Å². The fraction of sp³-hybridized carbons (Fsp3) is 0.118. The molecule has 2 aromatic rings. The molecule has 1 N–H and O–H groups in total. The lowest BCUT2D eigenvalue weighted by molar-refractivity contribution is 0.102. The first-order valence-electron chi connectivity index (χ1n) is 6.52. The van der Waals surface area contributed by atoms with Crippen molar-refractivity contribution in [2.75, 3.05) is 11.1 Å². The monoisotopic (exact) mass is 317 g/mol. The Bertz CT molecular complexity index is 670. The maximum absolute atomic E-state index is 12.5. The lowest BCUT2D eigenvalue weighted by atomic mass is 10.1. The van der Waals surface area contributed by atoms with E-state index in [0.29, 0.717) is 10.6 Å². The fourth-order valence-corrected chi connectivity index (χ4v) is 2.82. The molecule has 0 aliphatic rings. The van der Waals surface area contributed by atoms with Crippen LogP contribution in [0.4, 0.5) is 5.69 Å². The molecule has 108 valence electrons.